The zero-order valence-electron chi connectivity index (χ0n) is 7.57. The Hall–Kier alpha value is -1.57. The molecule has 0 fully saturated rings. The third kappa shape index (κ3) is 1.37. The summed E-state index contributed by atoms with van der Waals surface area (Å²) in [6.45, 7) is 0. The summed E-state index contributed by atoms with van der Waals surface area (Å²) in [4.78, 5) is 0. The van der Waals surface area contributed by atoms with Crippen LogP contribution in [0.15, 0.2) is 42.5 Å². The van der Waals surface area contributed by atoms with Gasteiger partial charge in [-0.25, -0.2) is 4.39 Å². The molecule has 2 aromatic rings. The molecule has 0 spiro atoms. The van der Waals surface area contributed by atoms with Crippen molar-refractivity contribution in [1.29, 1.82) is 0 Å². The van der Waals surface area contributed by atoms with E-state index in [0.717, 1.165) is 21.9 Å². The third-order valence-corrected chi connectivity index (χ3v) is 2.71. The van der Waals surface area contributed by atoms with Gasteiger partial charge in [0.05, 0.1) is 8.41 Å². The summed E-state index contributed by atoms with van der Waals surface area (Å²) in [6, 6.07) is 11.8. The van der Waals surface area contributed by atoms with Crippen molar-refractivity contribution in [3.05, 3.63) is 53.6 Å². The van der Waals surface area contributed by atoms with Crippen LogP contribution in [0.3, 0.4) is 0 Å². The van der Waals surface area contributed by atoms with Crippen LogP contribution in [-0.4, -0.2) is 8.41 Å². The maximum Gasteiger partial charge on any atom is 0.144 e. The number of hydrogen-bond donors (Lipinski definition) is 0. The molecular formula is C13H12BF. The van der Waals surface area contributed by atoms with Crippen molar-refractivity contribution in [1.82, 2.24) is 0 Å². The van der Waals surface area contributed by atoms with Gasteiger partial charge in [0.25, 0.3) is 0 Å². The van der Waals surface area contributed by atoms with Gasteiger partial charge in [-0.3, -0.25) is 0 Å². The number of halogens is 1. The van der Waals surface area contributed by atoms with E-state index in [9.17, 15) is 4.39 Å². The molecule has 1 aliphatic rings. The van der Waals surface area contributed by atoms with E-state index >= 15 is 0 Å². The highest BCUT2D eigenvalue weighted by molar-refractivity contribution is 5.95. The SMILES string of the molecule is B.FC1C=Cc2cccc3cccc1c23. The van der Waals surface area contributed by atoms with Crippen molar-refractivity contribution < 1.29 is 4.39 Å². The van der Waals surface area contributed by atoms with Crippen molar-refractivity contribution in [2.75, 3.05) is 0 Å². The summed E-state index contributed by atoms with van der Waals surface area (Å²) >= 11 is 0. The Kier molecular flexibility index (Phi) is 2.35. The molecule has 0 bridgehead atoms. The van der Waals surface area contributed by atoms with Gasteiger partial charge in [-0.1, -0.05) is 42.5 Å². The van der Waals surface area contributed by atoms with E-state index < -0.39 is 6.17 Å². The molecule has 0 aliphatic heterocycles. The average molecular weight is 198 g/mol. The van der Waals surface area contributed by atoms with E-state index in [1.807, 2.05) is 42.5 Å². The van der Waals surface area contributed by atoms with Gasteiger partial charge < -0.3 is 0 Å². The van der Waals surface area contributed by atoms with Gasteiger partial charge in [-0.05, 0) is 28.0 Å². The molecule has 2 aromatic carbocycles. The van der Waals surface area contributed by atoms with Crippen molar-refractivity contribution in [3.8, 4) is 0 Å². The standard InChI is InChI=1S/C13H9F.BH3/c14-12-8-7-10-4-1-3-9-5-2-6-11(12)13(9)10;/h1-8,12H;1H3. The second-order valence-corrected chi connectivity index (χ2v) is 3.55. The molecule has 15 heavy (non-hydrogen) atoms. The molecule has 0 amide bonds. The summed E-state index contributed by atoms with van der Waals surface area (Å²) in [5.41, 5.74) is 1.91. The second-order valence-electron chi connectivity index (χ2n) is 3.55. The first-order valence-electron chi connectivity index (χ1n) is 4.70. The minimum Gasteiger partial charge on any atom is -0.238 e. The molecule has 0 saturated heterocycles. The summed E-state index contributed by atoms with van der Waals surface area (Å²) < 4.78 is 13.6. The Labute approximate surface area is 90.0 Å². The first kappa shape index (κ1) is 9.97. The Morgan fingerprint density at radius 3 is 2.53 bits per heavy atom. The minimum atomic E-state index is -0.950. The zero-order chi connectivity index (χ0) is 9.54. The molecule has 0 nitrogen and oxygen atoms in total. The van der Waals surface area contributed by atoms with Gasteiger partial charge in [0.2, 0.25) is 0 Å². The zero-order valence-corrected chi connectivity index (χ0v) is 7.57. The van der Waals surface area contributed by atoms with E-state index in [0.29, 0.717) is 0 Å². The minimum absolute atomic E-state index is 0. The fraction of sp³-hybridized carbons (Fsp3) is 0.0769. The number of alkyl halides is 1. The molecule has 1 aliphatic carbocycles. The first-order valence-corrected chi connectivity index (χ1v) is 4.70. The molecule has 0 saturated carbocycles. The van der Waals surface area contributed by atoms with Crippen molar-refractivity contribution >= 4 is 25.3 Å². The molecule has 0 N–H and O–H groups in total. The lowest BCUT2D eigenvalue weighted by Crippen LogP contribution is -1.95. The van der Waals surface area contributed by atoms with Crippen LogP contribution in [0.4, 0.5) is 4.39 Å². The fourth-order valence-electron chi connectivity index (χ4n) is 2.06. The molecular weight excluding hydrogens is 186 g/mol. The number of benzene rings is 2. The number of hydrogen-bond acceptors (Lipinski definition) is 0. The van der Waals surface area contributed by atoms with Crippen LogP contribution in [-0.2, 0) is 0 Å². The van der Waals surface area contributed by atoms with Gasteiger partial charge in [0.1, 0.15) is 6.17 Å². The van der Waals surface area contributed by atoms with Crippen molar-refractivity contribution in [2.45, 2.75) is 6.17 Å². The number of allylic oxidation sites excluding steroid dienone is 1. The topological polar surface area (TPSA) is 0 Å². The highest BCUT2D eigenvalue weighted by Crippen LogP contribution is 2.34. The Morgan fingerprint density at radius 2 is 1.73 bits per heavy atom. The van der Waals surface area contributed by atoms with E-state index in [2.05, 4.69) is 0 Å². The highest BCUT2D eigenvalue weighted by Gasteiger charge is 2.15. The van der Waals surface area contributed by atoms with E-state index in [4.69, 9.17) is 0 Å². The molecule has 1 unspecified atom stereocenters. The maximum absolute atomic E-state index is 13.6. The molecule has 1 atom stereocenters. The van der Waals surface area contributed by atoms with E-state index in [-0.39, 0.29) is 8.41 Å². The lowest BCUT2D eigenvalue weighted by molar-refractivity contribution is 0.417. The lowest BCUT2D eigenvalue weighted by Gasteiger charge is -2.15. The Balaban J connectivity index is 0.000000853. The van der Waals surface area contributed by atoms with Crippen LogP contribution in [0.2, 0.25) is 0 Å². The Morgan fingerprint density at radius 1 is 1.00 bits per heavy atom. The highest BCUT2D eigenvalue weighted by atomic mass is 19.1. The van der Waals surface area contributed by atoms with Gasteiger partial charge in [-0.15, -0.1) is 0 Å². The van der Waals surface area contributed by atoms with Crippen LogP contribution in [0.25, 0.3) is 16.8 Å². The molecule has 74 valence electrons. The van der Waals surface area contributed by atoms with E-state index in [1.54, 1.807) is 6.08 Å². The molecule has 0 radical (unpaired) electrons. The second kappa shape index (κ2) is 3.54. The van der Waals surface area contributed by atoms with Crippen molar-refractivity contribution in [3.63, 3.8) is 0 Å². The monoisotopic (exact) mass is 198 g/mol. The lowest BCUT2D eigenvalue weighted by atomic mass is 9.92. The predicted molar refractivity (Wildman–Crippen MR) is 66.8 cm³/mol. The molecule has 0 heterocycles. The van der Waals surface area contributed by atoms with Gasteiger partial charge >= 0.3 is 0 Å². The smallest absolute Gasteiger partial charge is 0.144 e. The Bertz CT molecular complexity index is 526. The fourth-order valence-corrected chi connectivity index (χ4v) is 2.06. The summed E-state index contributed by atoms with van der Waals surface area (Å²) in [5.74, 6) is 0. The largest absolute Gasteiger partial charge is 0.238 e. The first-order chi connectivity index (χ1) is 6.86. The van der Waals surface area contributed by atoms with Crippen LogP contribution in [0.1, 0.15) is 17.3 Å². The third-order valence-electron chi connectivity index (χ3n) is 2.71. The number of rotatable bonds is 0. The van der Waals surface area contributed by atoms with Crippen LogP contribution >= 0.6 is 0 Å². The molecule has 3 rings (SSSR count). The van der Waals surface area contributed by atoms with Gasteiger partial charge in [0.15, 0.2) is 0 Å². The normalized spacial score (nSPS) is 17.5. The van der Waals surface area contributed by atoms with Crippen LogP contribution in [0.5, 0.6) is 0 Å². The van der Waals surface area contributed by atoms with Gasteiger partial charge in [-0.2, -0.15) is 0 Å². The summed E-state index contributed by atoms with van der Waals surface area (Å²) in [7, 11) is 0. The quantitative estimate of drug-likeness (QED) is 0.571. The van der Waals surface area contributed by atoms with Crippen molar-refractivity contribution in [2.24, 2.45) is 0 Å². The van der Waals surface area contributed by atoms with Crippen LogP contribution < -0.4 is 0 Å². The maximum atomic E-state index is 13.6. The average Bonchev–Trinajstić information content (AvgIpc) is 2.24. The predicted octanol–water partition coefficient (Wildman–Crippen LogP) is 2.69. The molecule has 0 aromatic heterocycles. The van der Waals surface area contributed by atoms with Gasteiger partial charge in [0, 0.05) is 0 Å². The summed E-state index contributed by atoms with van der Waals surface area (Å²) in [6.07, 6.45) is 2.52. The molecule has 2 heteroatoms. The summed E-state index contributed by atoms with van der Waals surface area (Å²) in [5, 5.41) is 2.18. The van der Waals surface area contributed by atoms with Crippen LogP contribution in [0, 0.1) is 0 Å². The van der Waals surface area contributed by atoms with E-state index in [1.165, 1.54) is 0 Å².